The van der Waals surface area contributed by atoms with Crippen molar-refractivity contribution in [3.05, 3.63) is 47.1 Å². The molecule has 0 aliphatic rings. The Balaban J connectivity index is 0.000000771. The first-order valence-electron chi connectivity index (χ1n) is 5.98. The third-order valence-electron chi connectivity index (χ3n) is 2.33. The van der Waals surface area contributed by atoms with Crippen LogP contribution in [0.1, 0.15) is 19.5 Å². The van der Waals surface area contributed by atoms with Crippen LogP contribution in [0.2, 0.25) is 5.02 Å². The van der Waals surface area contributed by atoms with Crippen molar-refractivity contribution in [1.82, 2.24) is 4.98 Å². The maximum absolute atomic E-state index is 5.91. The minimum absolute atomic E-state index is 0.660. The largest absolute Gasteiger partial charge is 0.496 e. The molecule has 0 saturated heterocycles. The first kappa shape index (κ1) is 14.5. The van der Waals surface area contributed by atoms with Crippen molar-refractivity contribution in [1.29, 1.82) is 0 Å². The summed E-state index contributed by atoms with van der Waals surface area (Å²) in [6.45, 7) is 5.96. The Morgan fingerprint density at radius 1 is 1.11 bits per heavy atom. The van der Waals surface area contributed by atoms with Gasteiger partial charge in [-0.3, -0.25) is 4.98 Å². The summed E-state index contributed by atoms with van der Waals surface area (Å²) in [5.41, 5.74) is 2.83. The Hall–Kier alpha value is -1.54. The van der Waals surface area contributed by atoms with E-state index in [0.29, 0.717) is 5.02 Å². The molecule has 0 atom stereocenters. The van der Waals surface area contributed by atoms with Crippen LogP contribution in [0.3, 0.4) is 0 Å². The second kappa shape index (κ2) is 7.02. The smallest absolute Gasteiger partial charge is 0.129 e. The van der Waals surface area contributed by atoms with Gasteiger partial charge in [0.25, 0.3) is 0 Å². The van der Waals surface area contributed by atoms with E-state index in [-0.39, 0.29) is 0 Å². The number of methoxy groups -OCH3 is 1. The molecule has 2 rings (SSSR count). The van der Waals surface area contributed by atoms with Gasteiger partial charge in [0, 0.05) is 16.3 Å². The zero-order valence-corrected chi connectivity index (χ0v) is 12.0. The van der Waals surface area contributed by atoms with Crippen LogP contribution in [0.4, 0.5) is 0 Å². The molecule has 0 spiro atoms. The molecule has 18 heavy (non-hydrogen) atoms. The van der Waals surface area contributed by atoms with Gasteiger partial charge in [-0.1, -0.05) is 31.5 Å². The van der Waals surface area contributed by atoms with E-state index in [1.54, 1.807) is 13.2 Å². The number of hydrogen-bond acceptors (Lipinski definition) is 2. The van der Waals surface area contributed by atoms with Crippen molar-refractivity contribution in [3.63, 3.8) is 0 Å². The van der Waals surface area contributed by atoms with Gasteiger partial charge in [0.1, 0.15) is 5.75 Å². The lowest BCUT2D eigenvalue weighted by Gasteiger charge is -2.08. The van der Waals surface area contributed by atoms with Crippen LogP contribution in [0.25, 0.3) is 11.3 Å². The third-order valence-corrected chi connectivity index (χ3v) is 2.56. The van der Waals surface area contributed by atoms with Crippen LogP contribution in [-0.4, -0.2) is 12.1 Å². The highest BCUT2D eigenvalue weighted by Crippen LogP contribution is 2.31. The predicted molar refractivity (Wildman–Crippen MR) is 77.3 cm³/mol. The molecule has 2 aromatic rings. The van der Waals surface area contributed by atoms with Gasteiger partial charge in [0.2, 0.25) is 0 Å². The normalized spacial score (nSPS) is 9.39. The molecule has 96 valence electrons. The summed E-state index contributed by atoms with van der Waals surface area (Å²) < 4.78 is 5.30. The van der Waals surface area contributed by atoms with Gasteiger partial charge in [-0.05, 0) is 37.3 Å². The maximum atomic E-state index is 5.91. The SMILES string of the molecule is CC.COc1cc(Cl)ccc1-c1cccc(C)n1. The number of halogens is 1. The number of hydrogen-bond donors (Lipinski definition) is 0. The van der Waals surface area contributed by atoms with Crippen LogP contribution in [-0.2, 0) is 0 Å². The third kappa shape index (κ3) is 3.47. The van der Waals surface area contributed by atoms with Crippen LogP contribution >= 0.6 is 11.6 Å². The zero-order chi connectivity index (χ0) is 13.5. The number of rotatable bonds is 2. The molecule has 3 heteroatoms. The Morgan fingerprint density at radius 2 is 1.83 bits per heavy atom. The monoisotopic (exact) mass is 263 g/mol. The number of aryl methyl sites for hydroxylation is 1. The summed E-state index contributed by atoms with van der Waals surface area (Å²) in [6.07, 6.45) is 0. The van der Waals surface area contributed by atoms with E-state index in [1.807, 2.05) is 51.1 Å². The molecule has 0 aliphatic heterocycles. The average molecular weight is 264 g/mol. The Morgan fingerprint density at radius 3 is 2.44 bits per heavy atom. The van der Waals surface area contributed by atoms with Crippen molar-refractivity contribution in [2.75, 3.05) is 7.11 Å². The molecule has 0 aliphatic carbocycles. The second-order valence-electron chi connectivity index (χ2n) is 3.51. The fraction of sp³-hybridized carbons (Fsp3) is 0.267. The van der Waals surface area contributed by atoms with E-state index in [0.717, 1.165) is 22.7 Å². The van der Waals surface area contributed by atoms with Crippen LogP contribution in [0.15, 0.2) is 36.4 Å². The average Bonchev–Trinajstić information content (AvgIpc) is 2.41. The molecular formula is C15H18ClNO. The van der Waals surface area contributed by atoms with Crippen molar-refractivity contribution < 1.29 is 4.74 Å². The van der Waals surface area contributed by atoms with E-state index in [9.17, 15) is 0 Å². The van der Waals surface area contributed by atoms with Gasteiger partial charge in [0.05, 0.1) is 12.8 Å². The van der Waals surface area contributed by atoms with E-state index in [2.05, 4.69) is 4.98 Å². The Kier molecular flexibility index (Phi) is 5.66. The minimum Gasteiger partial charge on any atom is -0.496 e. The first-order valence-corrected chi connectivity index (χ1v) is 6.36. The number of pyridine rings is 1. The highest BCUT2D eigenvalue weighted by atomic mass is 35.5. The molecule has 0 bridgehead atoms. The summed E-state index contributed by atoms with van der Waals surface area (Å²) in [6, 6.07) is 11.4. The van der Waals surface area contributed by atoms with Crippen LogP contribution < -0.4 is 4.74 Å². The first-order chi connectivity index (χ1) is 8.70. The fourth-order valence-corrected chi connectivity index (χ4v) is 1.73. The Bertz CT molecular complexity index is 512. The van der Waals surface area contributed by atoms with Crippen molar-refractivity contribution >= 4 is 11.6 Å². The van der Waals surface area contributed by atoms with Gasteiger partial charge in [-0.2, -0.15) is 0 Å². The molecule has 0 N–H and O–H groups in total. The highest BCUT2D eigenvalue weighted by molar-refractivity contribution is 6.30. The molecule has 1 aromatic carbocycles. The predicted octanol–water partition coefficient (Wildman–Crippen LogP) is 4.75. The summed E-state index contributed by atoms with van der Waals surface area (Å²) in [5, 5.41) is 0.660. The van der Waals surface area contributed by atoms with Gasteiger partial charge in [-0.25, -0.2) is 0 Å². The van der Waals surface area contributed by atoms with Gasteiger partial charge >= 0.3 is 0 Å². The van der Waals surface area contributed by atoms with Crippen LogP contribution in [0, 0.1) is 6.92 Å². The molecule has 1 heterocycles. The lowest BCUT2D eigenvalue weighted by atomic mass is 10.1. The van der Waals surface area contributed by atoms with Crippen molar-refractivity contribution in [2.24, 2.45) is 0 Å². The summed E-state index contributed by atoms with van der Waals surface area (Å²) >= 11 is 5.91. The lowest BCUT2D eigenvalue weighted by Crippen LogP contribution is -1.91. The van der Waals surface area contributed by atoms with Crippen molar-refractivity contribution in [3.8, 4) is 17.0 Å². The van der Waals surface area contributed by atoms with E-state index >= 15 is 0 Å². The zero-order valence-electron chi connectivity index (χ0n) is 11.2. The Labute approximate surface area is 114 Å². The maximum Gasteiger partial charge on any atom is 0.129 e. The summed E-state index contributed by atoms with van der Waals surface area (Å²) in [4.78, 5) is 4.46. The van der Waals surface area contributed by atoms with Gasteiger partial charge in [-0.15, -0.1) is 0 Å². The lowest BCUT2D eigenvalue weighted by molar-refractivity contribution is 0.416. The molecule has 0 saturated carbocycles. The van der Waals surface area contributed by atoms with Crippen LogP contribution in [0.5, 0.6) is 5.75 Å². The number of aromatic nitrogens is 1. The molecular weight excluding hydrogens is 246 g/mol. The fourth-order valence-electron chi connectivity index (χ4n) is 1.57. The van der Waals surface area contributed by atoms with E-state index in [1.165, 1.54) is 0 Å². The number of nitrogens with zero attached hydrogens (tertiary/aromatic N) is 1. The quantitative estimate of drug-likeness (QED) is 0.780. The molecule has 1 aromatic heterocycles. The molecule has 0 unspecified atom stereocenters. The second-order valence-corrected chi connectivity index (χ2v) is 3.95. The molecule has 2 nitrogen and oxygen atoms in total. The molecule has 0 fully saturated rings. The number of ether oxygens (including phenoxy) is 1. The van der Waals surface area contributed by atoms with Gasteiger partial charge in [0.15, 0.2) is 0 Å². The number of benzene rings is 1. The van der Waals surface area contributed by atoms with E-state index < -0.39 is 0 Å². The van der Waals surface area contributed by atoms with Crippen molar-refractivity contribution in [2.45, 2.75) is 20.8 Å². The summed E-state index contributed by atoms with van der Waals surface area (Å²) in [7, 11) is 1.63. The topological polar surface area (TPSA) is 22.1 Å². The minimum atomic E-state index is 0.660. The molecule has 0 radical (unpaired) electrons. The van der Waals surface area contributed by atoms with Gasteiger partial charge < -0.3 is 4.74 Å². The van der Waals surface area contributed by atoms with E-state index in [4.69, 9.17) is 16.3 Å². The summed E-state index contributed by atoms with van der Waals surface area (Å²) in [5.74, 6) is 0.741. The standard InChI is InChI=1S/C13H12ClNO.C2H6/c1-9-4-3-5-12(15-9)11-7-6-10(14)8-13(11)16-2;1-2/h3-8H,1-2H3;1-2H3. The highest BCUT2D eigenvalue weighted by Gasteiger charge is 2.07. The molecule has 0 amide bonds.